The van der Waals surface area contributed by atoms with Crippen molar-refractivity contribution in [3.05, 3.63) is 39.2 Å². The molecule has 0 spiro atoms. The largest absolute Gasteiger partial charge is 0.367 e. The summed E-state index contributed by atoms with van der Waals surface area (Å²) in [5.74, 6) is 0. The van der Waals surface area contributed by atoms with Crippen LogP contribution < -0.4 is 0 Å². The maximum atomic E-state index is 10.5. The van der Waals surface area contributed by atoms with Crippen LogP contribution in [0.5, 0.6) is 0 Å². The summed E-state index contributed by atoms with van der Waals surface area (Å²) >= 11 is 5.70. The Kier molecular flexibility index (Phi) is 4.64. The molecule has 1 heterocycles. The van der Waals surface area contributed by atoms with E-state index in [1.54, 1.807) is 25.3 Å². The monoisotopic (exact) mass is 244 g/mol. The molecule has 16 heavy (non-hydrogen) atoms. The minimum atomic E-state index is -0.725. The van der Waals surface area contributed by atoms with E-state index in [1.807, 2.05) is 0 Å². The molecular formula is C10H13ClN2O3. The summed E-state index contributed by atoms with van der Waals surface area (Å²) in [7, 11) is 0. The van der Waals surface area contributed by atoms with Gasteiger partial charge in [0.1, 0.15) is 11.3 Å². The summed E-state index contributed by atoms with van der Waals surface area (Å²) < 4.78 is 5.38. The van der Waals surface area contributed by atoms with Gasteiger partial charge in [0.05, 0.1) is 6.61 Å². The molecule has 0 N–H and O–H groups in total. The highest BCUT2D eigenvalue weighted by Crippen LogP contribution is 2.10. The van der Waals surface area contributed by atoms with E-state index in [4.69, 9.17) is 16.3 Å². The molecule has 2 atom stereocenters. The van der Waals surface area contributed by atoms with Gasteiger partial charge in [-0.2, -0.15) is 0 Å². The second-order valence-electron chi connectivity index (χ2n) is 3.53. The van der Waals surface area contributed by atoms with E-state index in [0.717, 1.165) is 5.56 Å². The minimum Gasteiger partial charge on any atom is -0.367 e. The first kappa shape index (κ1) is 12.9. The second-order valence-corrected chi connectivity index (χ2v) is 3.92. The van der Waals surface area contributed by atoms with Crippen molar-refractivity contribution in [3.63, 3.8) is 0 Å². The fraction of sp³-hybridized carbons (Fsp3) is 0.500. The van der Waals surface area contributed by atoms with Crippen LogP contribution in [0.3, 0.4) is 0 Å². The quantitative estimate of drug-likeness (QED) is 0.453. The highest BCUT2D eigenvalue weighted by Gasteiger charge is 2.22. The number of ether oxygens (including phenoxy) is 1. The Hall–Kier alpha value is -1.20. The van der Waals surface area contributed by atoms with Gasteiger partial charge in [0.25, 0.3) is 0 Å². The van der Waals surface area contributed by atoms with Crippen molar-refractivity contribution < 1.29 is 9.66 Å². The molecule has 88 valence electrons. The van der Waals surface area contributed by atoms with Crippen molar-refractivity contribution in [1.82, 2.24) is 4.98 Å². The topological polar surface area (TPSA) is 65.3 Å². The van der Waals surface area contributed by atoms with Crippen LogP contribution >= 0.6 is 11.6 Å². The van der Waals surface area contributed by atoms with E-state index in [0.29, 0.717) is 11.8 Å². The smallest absolute Gasteiger partial charge is 0.235 e. The molecule has 1 aromatic rings. The normalized spacial score (nSPS) is 14.4. The summed E-state index contributed by atoms with van der Waals surface area (Å²) in [6, 6.07) is 2.71. The zero-order valence-corrected chi connectivity index (χ0v) is 9.85. The zero-order valence-electron chi connectivity index (χ0n) is 9.09. The molecule has 1 aromatic heterocycles. The predicted octanol–water partition coefficient (Wildman–Crippen LogP) is 2.31. The van der Waals surface area contributed by atoms with Gasteiger partial charge in [0.2, 0.25) is 6.04 Å². The van der Waals surface area contributed by atoms with E-state index >= 15 is 0 Å². The number of hydrogen-bond donors (Lipinski definition) is 0. The lowest BCUT2D eigenvalue weighted by Crippen LogP contribution is -2.30. The molecule has 0 radical (unpaired) electrons. The van der Waals surface area contributed by atoms with Crippen molar-refractivity contribution >= 4 is 11.6 Å². The first-order valence-electron chi connectivity index (χ1n) is 4.86. The molecule has 0 aromatic carbocycles. The molecule has 0 aliphatic rings. The first-order valence-corrected chi connectivity index (χ1v) is 5.24. The first-order chi connectivity index (χ1) is 7.50. The van der Waals surface area contributed by atoms with Crippen LogP contribution in [0.2, 0.25) is 5.15 Å². The van der Waals surface area contributed by atoms with Crippen molar-refractivity contribution in [2.45, 2.75) is 32.6 Å². The Bertz CT molecular complexity index is 373. The standard InChI is InChI=1S/C10H13ClN2O3/c1-7(13(14)15)8(2)16-6-9-3-4-12-10(11)5-9/h3-5,7-8H,6H2,1-2H3/t7?,8-/m1/s1. The molecule has 0 aliphatic carbocycles. The third-order valence-corrected chi connectivity index (χ3v) is 2.52. The van der Waals surface area contributed by atoms with Gasteiger partial charge < -0.3 is 4.74 Å². The third-order valence-electron chi connectivity index (χ3n) is 2.32. The van der Waals surface area contributed by atoms with Crippen molar-refractivity contribution in [1.29, 1.82) is 0 Å². The van der Waals surface area contributed by atoms with Crippen LogP contribution in [-0.4, -0.2) is 22.1 Å². The number of hydrogen-bond acceptors (Lipinski definition) is 4. The van der Waals surface area contributed by atoms with Gasteiger partial charge in [-0.25, -0.2) is 4.98 Å². The molecule has 5 nitrogen and oxygen atoms in total. The average molecular weight is 245 g/mol. The molecular weight excluding hydrogens is 232 g/mol. The van der Waals surface area contributed by atoms with Crippen LogP contribution in [0.15, 0.2) is 18.3 Å². The van der Waals surface area contributed by atoms with Crippen molar-refractivity contribution in [2.24, 2.45) is 0 Å². The lowest BCUT2D eigenvalue weighted by molar-refractivity contribution is -0.530. The number of rotatable bonds is 5. The number of nitrogens with zero attached hydrogens (tertiary/aromatic N) is 2. The maximum absolute atomic E-state index is 10.5. The van der Waals surface area contributed by atoms with E-state index in [1.165, 1.54) is 6.92 Å². The average Bonchev–Trinajstić information content (AvgIpc) is 2.24. The lowest BCUT2D eigenvalue weighted by atomic mass is 10.2. The molecule has 6 heteroatoms. The van der Waals surface area contributed by atoms with Gasteiger partial charge >= 0.3 is 0 Å². The Morgan fingerprint density at radius 2 is 2.31 bits per heavy atom. The highest BCUT2D eigenvalue weighted by atomic mass is 35.5. The van der Waals surface area contributed by atoms with Gasteiger partial charge in [-0.1, -0.05) is 11.6 Å². The summed E-state index contributed by atoms with van der Waals surface area (Å²) in [5.41, 5.74) is 0.849. The van der Waals surface area contributed by atoms with Crippen LogP contribution in [-0.2, 0) is 11.3 Å². The van der Waals surface area contributed by atoms with Gasteiger partial charge in [-0.3, -0.25) is 10.1 Å². The Balaban J connectivity index is 2.48. The summed E-state index contributed by atoms with van der Waals surface area (Å²) in [5, 5.41) is 10.9. The second kappa shape index (κ2) is 5.77. The van der Waals surface area contributed by atoms with Crippen molar-refractivity contribution in [3.8, 4) is 0 Å². The highest BCUT2D eigenvalue weighted by molar-refractivity contribution is 6.29. The Labute approximate surface area is 98.5 Å². The van der Waals surface area contributed by atoms with E-state index < -0.39 is 12.1 Å². The van der Waals surface area contributed by atoms with Crippen LogP contribution in [0.25, 0.3) is 0 Å². The summed E-state index contributed by atoms with van der Waals surface area (Å²) in [6.07, 6.45) is 1.13. The fourth-order valence-electron chi connectivity index (χ4n) is 1.07. The van der Waals surface area contributed by atoms with E-state index in [-0.39, 0.29) is 4.92 Å². The fourth-order valence-corrected chi connectivity index (χ4v) is 1.27. The summed E-state index contributed by atoms with van der Waals surface area (Å²) in [6.45, 7) is 3.49. The Morgan fingerprint density at radius 1 is 1.62 bits per heavy atom. The van der Waals surface area contributed by atoms with Gasteiger partial charge in [-0.05, 0) is 24.6 Å². The molecule has 0 saturated heterocycles. The number of aromatic nitrogens is 1. The Morgan fingerprint density at radius 3 is 2.88 bits per heavy atom. The molecule has 0 fully saturated rings. The molecule has 0 amide bonds. The van der Waals surface area contributed by atoms with Crippen LogP contribution in [0, 0.1) is 10.1 Å². The molecule has 0 saturated carbocycles. The van der Waals surface area contributed by atoms with Gasteiger partial charge in [0.15, 0.2) is 0 Å². The number of nitro groups is 1. The van der Waals surface area contributed by atoms with Gasteiger partial charge in [0, 0.05) is 18.0 Å². The summed E-state index contributed by atoms with van der Waals surface area (Å²) in [4.78, 5) is 14.0. The van der Waals surface area contributed by atoms with Gasteiger partial charge in [-0.15, -0.1) is 0 Å². The van der Waals surface area contributed by atoms with Crippen LogP contribution in [0.1, 0.15) is 19.4 Å². The third kappa shape index (κ3) is 3.75. The predicted molar refractivity (Wildman–Crippen MR) is 60.0 cm³/mol. The van der Waals surface area contributed by atoms with E-state index in [2.05, 4.69) is 4.98 Å². The minimum absolute atomic E-state index is 0.293. The molecule has 0 aliphatic heterocycles. The number of pyridine rings is 1. The molecule has 0 bridgehead atoms. The lowest BCUT2D eigenvalue weighted by Gasteiger charge is -2.14. The SMILES string of the molecule is CC([C@@H](C)OCc1ccnc(Cl)c1)[N+](=O)[O-]. The van der Waals surface area contributed by atoms with Crippen LogP contribution in [0.4, 0.5) is 0 Å². The molecule has 1 rings (SSSR count). The zero-order chi connectivity index (χ0) is 12.1. The number of halogens is 1. The maximum Gasteiger partial charge on any atom is 0.235 e. The van der Waals surface area contributed by atoms with Crippen molar-refractivity contribution in [2.75, 3.05) is 0 Å². The molecule has 1 unspecified atom stereocenters. The van der Waals surface area contributed by atoms with E-state index in [9.17, 15) is 10.1 Å².